The summed E-state index contributed by atoms with van der Waals surface area (Å²) in [6.45, 7) is 1.72. The predicted octanol–water partition coefficient (Wildman–Crippen LogP) is 4.63. The summed E-state index contributed by atoms with van der Waals surface area (Å²) in [7, 11) is 4.48. The van der Waals surface area contributed by atoms with E-state index < -0.39 is 11.9 Å². The molecule has 10 heteroatoms. The Labute approximate surface area is 201 Å². The van der Waals surface area contributed by atoms with Crippen LogP contribution in [0.4, 0.5) is 5.82 Å². The van der Waals surface area contributed by atoms with Crippen LogP contribution in [0.3, 0.4) is 0 Å². The highest BCUT2D eigenvalue weighted by Gasteiger charge is 2.45. The SMILES string of the molecule is COc1cc([C@@H]2c3c(oc4ccc(Br)cc4c3=O)C(=O)N2c2cc(C)on2)cc(OC)c1OC. The minimum atomic E-state index is -0.875. The fraction of sp³-hybridized carbons (Fsp3) is 0.208. The number of methoxy groups -OCH3 is 3. The van der Waals surface area contributed by atoms with Gasteiger partial charge in [-0.25, -0.2) is 0 Å². The van der Waals surface area contributed by atoms with Crippen molar-refractivity contribution in [2.45, 2.75) is 13.0 Å². The first-order valence-corrected chi connectivity index (χ1v) is 11.0. The lowest BCUT2D eigenvalue weighted by Gasteiger charge is -2.24. The number of anilines is 1. The van der Waals surface area contributed by atoms with Crippen LogP contribution in [0.5, 0.6) is 17.2 Å². The molecule has 0 unspecified atom stereocenters. The average molecular weight is 527 g/mol. The minimum Gasteiger partial charge on any atom is -0.493 e. The summed E-state index contributed by atoms with van der Waals surface area (Å²) in [6.07, 6.45) is 0. The van der Waals surface area contributed by atoms with E-state index in [-0.39, 0.29) is 22.6 Å². The van der Waals surface area contributed by atoms with Gasteiger partial charge in [0, 0.05) is 10.5 Å². The van der Waals surface area contributed by atoms with E-state index in [9.17, 15) is 9.59 Å². The summed E-state index contributed by atoms with van der Waals surface area (Å²) in [5, 5.41) is 4.37. The van der Waals surface area contributed by atoms with Crippen molar-refractivity contribution >= 4 is 38.6 Å². The molecule has 0 fully saturated rings. The van der Waals surface area contributed by atoms with Crippen LogP contribution < -0.4 is 24.5 Å². The van der Waals surface area contributed by atoms with Gasteiger partial charge in [-0.15, -0.1) is 0 Å². The molecule has 174 valence electrons. The molecular weight excluding hydrogens is 508 g/mol. The number of aryl methyl sites for hydroxylation is 1. The molecule has 1 aliphatic rings. The van der Waals surface area contributed by atoms with Gasteiger partial charge in [-0.3, -0.25) is 14.5 Å². The lowest BCUT2D eigenvalue weighted by molar-refractivity contribution is 0.0969. The Morgan fingerprint density at radius 3 is 2.29 bits per heavy atom. The van der Waals surface area contributed by atoms with E-state index in [2.05, 4.69) is 21.1 Å². The van der Waals surface area contributed by atoms with Gasteiger partial charge in [0.2, 0.25) is 11.5 Å². The predicted molar refractivity (Wildman–Crippen MR) is 126 cm³/mol. The van der Waals surface area contributed by atoms with Crippen LogP contribution in [0.15, 0.2) is 54.6 Å². The number of hydrogen-bond acceptors (Lipinski definition) is 8. The molecule has 0 radical (unpaired) electrons. The maximum atomic E-state index is 13.7. The Kier molecular flexibility index (Phi) is 5.32. The number of rotatable bonds is 5. The van der Waals surface area contributed by atoms with Crippen molar-refractivity contribution in [2.24, 2.45) is 0 Å². The molecule has 1 atom stereocenters. The number of carbonyl (C=O) groups is 1. The largest absolute Gasteiger partial charge is 0.493 e. The zero-order valence-electron chi connectivity index (χ0n) is 18.7. The molecular formula is C24H19BrN2O7. The highest BCUT2D eigenvalue weighted by molar-refractivity contribution is 9.10. The second kappa shape index (κ2) is 8.21. The van der Waals surface area contributed by atoms with Gasteiger partial charge in [-0.2, -0.15) is 0 Å². The fourth-order valence-electron chi connectivity index (χ4n) is 4.22. The topological polar surface area (TPSA) is 104 Å². The Bertz CT molecular complexity index is 1480. The Morgan fingerprint density at radius 1 is 1.00 bits per heavy atom. The highest BCUT2D eigenvalue weighted by Crippen LogP contribution is 2.46. The van der Waals surface area contributed by atoms with Crippen LogP contribution in [-0.4, -0.2) is 32.4 Å². The standard InChI is InChI=1S/C24H19BrN2O7/c1-11-7-18(26-34-11)27-20(12-8-16(30-2)22(32-4)17(9-12)31-3)19-21(28)14-10-13(25)5-6-15(14)33-23(19)24(27)29/h5-10,20H,1-4H3/t20-/m1/s1. The van der Waals surface area contributed by atoms with Crippen LogP contribution in [0.2, 0.25) is 0 Å². The minimum absolute atomic E-state index is 0.0563. The van der Waals surface area contributed by atoms with Gasteiger partial charge in [0.15, 0.2) is 22.7 Å². The molecule has 0 saturated carbocycles. The van der Waals surface area contributed by atoms with Crippen molar-refractivity contribution in [3.63, 3.8) is 0 Å². The lowest BCUT2D eigenvalue weighted by atomic mass is 9.97. The first-order chi connectivity index (χ1) is 16.4. The average Bonchev–Trinajstić information content (AvgIpc) is 3.39. The van der Waals surface area contributed by atoms with Crippen LogP contribution in [-0.2, 0) is 0 Å². The van der Waals surface area contributed by atoms with Crippen LogP contribution in [0.1, 0.15) is 33.5 Å². The van der Waals surface area contributed by atoms with Crippen LogP contribution in [0.25, 0.3) is 11.0 Å². The van der Waals surface area contributed by atoms with E-state index in [1.165, 1.54) is 26.2 Å². The van der Waals surface area contributed by atoms with Gasteiger partial charge in [-0.1, -0.05) is 21.1 Å². The summed E-state index contributed by atoms with van der Waals surface area (Å²) in [4.78, 5) is 28.7. The quantitative estimate of drug-likeness (QED) is 0.370. The monoisotopic (exact) mass is 526 g/mol. The van der Waals surface area contributed by atoms with E-state index in [1.54, 1.807) is 43.3 Å². The van der Waals surface area contributed by atoms with E-state index in [4.69, 9.17) is 23.2 Å². The van der Waals surface area contributed by atoms with Gasteiger partial charge in [0.25, 0.3) is 5.91 Å². The van der Waals surface area contributed by atoms with E-state index >= 15 is 0 Å². The molecule has 2 aromatic carbocycles. The number of ether oxygens (including phenoxy) is 3. The molecule has 5 rings (SSSR count). The summed E-state index contributed by atoms with van der Waals surface area (Å²) >= 11 is 3.40. The maximum Gasteiger partial charge on any atom is 0.296 e. The molecule has 3 heterocycles. The molecule has 0 spiro atoms. The third kappa shape index (κ3) is 3.25. The van der Waals surface area contributed by atoms with Gasteiger partial charge >= 0.3 is 0 Å². The van der Waals surface area contributed by atoms with Gasteiger partial charge < -0.3 is 23.2 Å². The van der Waals surface area contributed by atoms with Crippen molar-refractivity contribution in [1.29, 1.82) is 0 Å². The highest BCUT2D eigenvalue weighted by atomic mass is 79.9. The van der Waals surface area contributed by atoms with Crippen molar-refractivity contribution in [3.8, 4) is 17.2 Å². The Hall–Kier alpha value is -3.79. The number of carbonyl (C=O) groups excluding carboxylic acids is 1. The molecule has 0 bridgehead atoms. The van der Waals surface area contributed by atoms with E-state index in [1.807, 2.05) is 0 Å². The van der Waals surface area contributed by atoms with Crippen LogP contribution >= 0.6 is 15.9 Å². The summed E-state index contributed by atoms with van der Waals surface area (Å²) < 4.78 is 28.3. The van der Waals surface area contributed by atoms with E-state index in [0.29, 0.717) is 44.0 Å². The number of amides is 1. The first kappa shape index (κ1) is 22.0. The zero-order valence-corrected chi connectivity index (χ0v) is 20.3. The van der Waals surface area contributed by atoms with Crippen LogP contribution in [0, 0.1) is 6.92 Å². The molecule has 1 aliphatic heterocycles. The van der Waals surface area contributed by atoms with E-state index in [0.717, 1.165) is 0 Å². The number of aromatic nitrogens is 1. The van der Waals surface area contributed by atoms with Gasteiger partial charge in [0.1, 0.15) is 11.3 Å². The fourth-order valence-corrected chi connectivity index (χ4v) is 4.58. The summed E-state index contributed by atoms with van der Waals surface area (Å²) in [5.41, 5.74) is 0.712. The summed E-state index contributed by atoms with van der Waals surface area (Å²) in [6, 6.07) is 9.19. The third-order valence-electron chi connectivity index (χ3n) is 5.70. The number of halogens is 1. The summed E-state index contributed by atoms with van der Waals surface area (Å²) in [5.74, 6) is 1.33. The number of benzene rings is 2. The van der Waals surface area contributed by atoms with Crippen molar-refractivity contribution in [1.82, 2.24) is 5.16 Å². The molecule has 0 aliphatic carbocycles. The smallest absolute Gasteiger partial charge is 0.296 e. The number of hydrogen-bond donors (Lipinski definition) is 0. The van der Waals surface area contributed by atoms with Crippen molar-refractivity contribution in [2.75, 3.05) is 26.2 Å². The molecule has 1 amide bonds. The normalized spacial score (nSPS) is 15.0. The second-order valence-corrected chi connectivity index (χ2v) is 8.56. The third-order valence-corrected chi connectivity index (χ3v) is 6.19. The first-order valence-electron chi connectivity index (χ1n) is 10.2. The maximum absolute atomic E-state index is 13.7. The van der Waals surface area contributed by atoms with Crippen molar-refractivity contribution in [3.05, 3.63) is 73.7 Å². The van der Waals surface area contributed by atoms with Gasteiger partial charge in [0.05, 0.1) is 38.3 Å². The molecule has 2 aromatic heterocycles. The Morgan fingerprint density at radius 2 is 1.71 bits per heavy atom. The molecule has 4 aromatic rings. The second-order valence-electron chi connectivity index (χ2n) is 7.65. The molecule has 34 heavy (non-hydrogen) atoms. The van der Waals surface area contributed by atoms with Gasteiger partial charge in [-0.05, 0) is 42.8 Å². The molecule has 0 saturated heterocycles. The van der Waals surface area contributed by atoms with Crippen molar-refractivity contribution < 1.29 is 27.9 Å². The Balaban J connectivity index is 1.84. The number of fused-ring (bicyclic) bond motifs is 2. The number of nitrogens with zero attached hydrogens (tertiary/aromatic N) is 2. The molecule has 9 nitrogen and oxygen atoms in total. The zero-order chi connectivity index (χ0) is 24.1. The molecule has 0 N–H and O–H groups in total. The lowest BCUT2D eigenvalue weighted by Crippen LogP contribution is -2.29.